The molecule has 0 unspecified atom stereocenters. The topological polar surface area (TPSA) is 79.5 Å². The molecule has 0 atom stereocenters. The van der Waals surface area contributed by atoms with Crippen molar-refractivity contribution in [1.29, 1.82) is 0 Å². The molecule has 0 spiro atoms. The van der Waals surface area contributed by atoms with Crippen LogP contribution >= 0.6 is 0 Å². The zero-order valence-corrected chi connectivity index (χ0v) is 17.6. The number of piperazine rings is 1. The molecule has 3 aromatic rings. The van der Waals surface area contributed by atoms with Crippen molar-refractivity contribution in [3.63, 3.8) is 0 Å². The molecule has 0 saturated carbocycles. The van der Waals surface area contributed by atoms with Crippen LogP contribution in [-0.2, 0) is 16.6 Å². The third kappa shape index (κ3) is 5.02. The molecule has 1 aliphatic heterocycles. The highest BCUT2D eigenvalue weighted by molar-refractivity contribution is 7.92. The highest BCUT2D eigenvalue weighted by Crippen LogP contribution is 2.18. The van der Waals surface area contributed by atoms with Crippen LogP contribution in [0.4, 0.5) is 0 Å². The maximum absolute atomic E-state index is 12.6. The molecular weight excluding hydrogens is 400 g/mol. The van der Waals surface area contributed by atoms with Crippen LogP contribution in [0.1, 0.15) is 17.0 Å². The molecule has 30 heavy (non-hydrogen) atoms. The maximum atomic E-state index is 12.6. The first kappa shape index (κ1) is 20.5. The molecule has 1 aromatic heterocycles. The Kier molecular flexibility index (Phi) is 6.08. The standard InChI is InChI=1S/C22H24N4O3S/c1-18-7-9-20(10-8-18)22-23-21(29-24-22)17-25-12-14-26(15-13-25)30(27,28)16-11-19-5-3-2-4-6-19/h2-11,16H,12-15,17H2,1H3. The highest BCUT2D eigenvalue weighted by Gasteiger charge is 2.26. The van der Waals surface area contributed by atoms with Gasteiger partial charge in [0.25, 0.3) is 0 Å². The van der Waals surface area contributed by atoms with Crippen molar-refractivity contribution < 1.29 is 12.9 Å². The fraction of sp³-hybridized carbons (Fsp3) is 0.273. The quantitative estimate of drug-likeness (QED) is 0.605. The highest BCUT2D eigenvalue weighted by atomic mass is 32.2. The molecule has 0 aliphatic carbocycles. The molecule has 0 radical (unpaired) electrons. The molecule has 0 bridgehead atoms. The van der Waals surface area contributed by atoms with E-state index in [0.29, 0.717) is 44.4 Å². The van der Waals surface area contributed by atoms with Gasteiger partial charge < -0.3 is 4.52 Å². The van der Waals surface area contributed by atoms with Crippen molar-refractivity contribution >= 4 is 16.1 Å². The molecule has 1 aliphatic rings. The van der Waals surface area contributed by atoms with Gasteiger partial charge in [-0.05, 0) is 18.6 Å². The number of aryl methyl sites for hydroxylation is 1. The summed E-state index contributed by atoms with van der Waals surface area (Å²) in [4.78, 5) is 6.60. The summed E-state index contributed by atoms with van der Waals surface area (Å²) in [7, 11) is -3.44. The van der Waals surface area contributed by atoms with Gasteiger partial charge in [-0.2, -0.15) is 9.29 Å². The minimum absolute atomic E-state index is 0.431. The van der Waals surface area contributed by atoms with Crippen molar-refractivity contribution in [3.8, 4) is 11.4 Å². The van der Waals surface area contributed by atoms with Gasteiger partial charge in [0.2, 0.25) is 21.7 Å². The fourth-order valence-corrected chi connectivity index (χ4v) is 4.46. The van der Waals surface area contributed by atoms with Gasteiger partial charge in [0.15, 0.2) is 0 Å². The monoisotopic (exact) mass is 424 g/mol. The molecule has 0 N–H and O–H groups in total. The lowest BCUT2D eigenvalue weighted by atomic mass is 10.1. The average Bonchev–Trinajstić information content (AvgIpc) is 3.22. The average molecular weight is 425 g/mol. The number of hydrogen-bond acceptors (Lipinski definition) is 6. The van der Waals surface area contributed by atoms with E-state index in [4.69, 9.17) is 4.52 Å². The lowest BCUT2D eigenvalue weighted by Gasteiger charge is -2.32. The van der Waals surface area contributed by atoms with Crippen LogP contribution in [0, 0.1) is 6.92 Å². The van der Waals surface area contributed by atoms with Gasteiger partial charge in [-0.3, -0.25) is 4.90 Å². The molecule has 156 valence electrons. The smallest absolute Gasteiger partial charge is 0.241 e. The predicted octanol–water partition coefficient (Wildman–Crippen LogP) is 3.16. The summed E-state index contributed by atoms with van der Waals surface area (Å²) < 4.78 is 32.1. The van der Waals surface area contributed by atoms with Crippen LogP contribution in [0.2, 0.25) is 0 Å². The summed E-state index contributed by atoms with van der Waals surface area (Å²) >= 11 is 0. The molecule has 2 heterocycles. The second-order valence-corrected chi connectivity index (χ2v) is 9.13. The van der Waals surface area contributed by atoms with Gasteiger partial charge in [-0.15, -0.1) is 0 Å². The van der Waals surface area contributed by atoms with E-state index in [2.05, 4.69) is 15.0 Å². The fourth-order valence-electron chi connectivity index (χ4n) is 3.29. The number of sulfonamides is 1. The minimum Gasteiger partial charge on any atom is -0.338 e. The summed E-state index contributed by atoms with van der Waals surface area (Å²) in [6.07, 6.45) is 1.63. The van der Waals surface area contributed by atoms with E-state index in [1.165, 1.54) is 15.3 Å². The van der Waals surface area contributed by atoms with E-state index < -0.39 is 10.0 Å². The largest absolute Gasteiger partial charge is 0.338 e. The van der Waals surface area contributed by atoms with Gasteiger partial charge in [0.05, 0.1) is 6.54 Å². The lowest BCUT2D eigenvalue weighted by Crippen LogP contribution is -2.47. The van der Waals surface area contributed by atoms with Crippen molar-refractivity contribution in [1.82, 2.24) is 19.3 Å². The molecule has 4 rings (SSSR count). The number of aromatic nitrogens is 2. The molecule has 8 heteroatoms. The Morgan fingerprint density at radius 3 is 2.40 bits per heavy atom. The summed E-state index contributed by atoms with van der Waals surface area (Å²) in [6.45, 7) is 4.62. The van der Waals surface area contributed by atoms with E-state index in [-0.39, 0.29) is 0 Å². The molecule has 7 nitrogen and oxygen atoms in total. The van der Waals surface area contributed by atoms with Gasteiger partial charge >= 0.3 is 0 Å². The van der Waals surface area contributed by atoms with Crippen molar-refractivity contribution in [2.24, 2.45) is 0 Å². The van der Waals surface area contributed by atoms with Crippen molar-refractivity contribution in [2.75, 3.05) is 26.2 Å². The molecule has 1 saturated heterocycles. The Morgan fingerprint density at radius 2 is 1.70 bits per heavy atom. The number of rotatable bonds is 6. The maximum Gasteiger partial charge on any atom is 0.241 e. The number of nitrogens with zero attached hydrogens (tertiary/aromatic N) is 4. The molecular formula is C22H24N4O3S. The van der Waals surface area contributed by atoms with E-state index >= 15 is 0 Å². The van der Waals surface area contributed by atoms with Crippen LogP contribution < -0.4 is 0 Å². The summed E-state index contributed by atoms with van der Waals surface area (Å²) in [5, 5.41) is 5.34. The SMILES string of the molecule is Cc1ccc(-c2noc(CN3CCN(S(=O)(=O)C=Cc4ccccc4)CC3)n2)cc1. The minimum atomic E-state index is -3.44. The van der Waals surface area contributed by atoms with Gasteiger partial charge in [0, 0.05) is 37.2 Å². The lowest BCUT2D eigenvalue weighted by molar-refractivity contribution is 0.164. The zero-order valence-electron chi connectivity index (χ0n) is 16.8. The van der Waals surface area contributed by atoms with Crippen LogP contribution in [0.3, 0.4) is 0 Å². The summed E-state index contributed by atoms with van der Waals surface area (Å²) in [5.74, 6) is 1.10. The van der Waals surface area contributed by atoms with Crippen LogP contribution in [0.5, 0.6) is 0 Å². The third-order valence-electron chi connectivity index (χ3n) is 5.06. The number of benzene rings is 2. The molecule has 2 aromatic carbocycles. The van der Waals surface area contributed by atoms with Crippen molar-refractivity contribution in [2.45, 2.75) is 13.5 Å². The zero-order chi connectivity index (χ0) is 21.0. The Labute approximate surface area is 176 Å². The Balaban J connectivity index is 1.32. The summed E-state index contributed by atoms with van der Waals surface area (Å²) in [6, 6.07) is 17.4. The van der Waals surface area contributed by atoms with Gasteiger partial charge in [-0.1, -0.05) is 65.3 Å². The number of hydrogen-bond donors (Lipinski definition) is 0. The van der Waals surface area contributed by atoms with Crippen LogP contribution in [0.25, 0.3) is 17.5 Å². The van der Waals surface area contributed by atoms with E-state index in [1.807, 2.05) is 61.5 Å². The molecule has 0 amide bonds. The molecule has 1 fully saturated rings. The predicted molar refractivity (Wildman–Crippen MR) is 116 cm³/mol. The Hall–Kier alpha value is -2.81. The Morgan fingerprint density at radius 1 is 1.00 bits per heavy atom. The van der Waals surface area contributed by atoms with Crippen molar-refractivity contribution in [3.05, 3.63) is 77.0 Å². The first-order valence-electron chi connectivity index (χ1n) is 9.85. The first-order chi connectivity index (χ1) is 14.5. The Bertz CT molecular complexity index is 1100. The second-order valence-electron chi connectivity index (χ2n) is 7.31. The van der Waals surface area contributed by atoms with Gasteiger partial charge in [0.1, 0.15) is 0 Å². The van der Waals surface area contributed by atoms with Crippen LogP contribution in [-0.4, -0.2) is 53.9 Å². The normalized spacial score (nSPS) is 16.3. The van der Waals surface area contributed by atoms with Crippen LogP contribution in [0.15, 0.2) is 64.5 Å². The first-order valence-corrected chi connectivity index (χ1v) is 11.4. The van der Waals surface area contributed by atoms with Gasteiger partial charge in [-0.25, -0.2) is 8.42 Å². The van der Waals surface area contributed by atoms with E-state index in [0.717, 1.165) is 11.1 Å². The second kappa shape index (κ2) is 8.91. The van der Waals surface area contributed by atoms with E-state index in [1.54, 1.807) is 6.08 Å². The third-order valence-corrected chi connectivity index (χ3v) is 6.62. The van der Waals surface area contributed by atoms with E-state index in [9.17, 15) is 8.42 Å². The summed E-state index contributed by atoms with van der Waals surface area (Å²) in [5.41, 5.74) is 2.95.